The molecule has 41 heavy (non-hydrogen) atoms. The van der Waals surface area contributed by atoms with Crippen LogP contribution in [0.2, 0.25) is 0 Å². The quantitative estimate of drug-likeness (QED) is 0.289. The third-order valence-electron chi connectivity index (χ3n) is 4.74. The Kier molecular flexibility index (Phi) is 21.7. The van der Waals surface area contributed by atoms with Gasteiger partial charge in [-0.15, -0.1) is 0 Å². The van der Waals surface area contributed by atoms with E-state index in [1.165, 1.54) is 0 Å². The van der Waals surface area contributed by atoms with E-state index in [9.17, 15) is 73.3 Å². The van der Waals surface area contributed by atoms with Gasteiger partial charge in [-0.2, -0.15) is 43.9 Å². The summed E-state index contributed by atoms with van der Waals surface area (Å²) in [4.78, 5) is 42.6. The number of halogens is 10. The molecular weight excluding hydrogens is 673 g/mol. The monoisotopic (exact) mass is 704 g/mol. The van der Waals surface area contributed by atoms with E-state index in [1.54, 1.807) is 27.7 Å². The molecule has 0 aliphatic carbocycles. The Labute approximate surface area is 248 Å². The molecule has 0 aromatic rings. The number of hydrogen-bond acceptors (Lipinski definition) is 8. The van der Waals surface area contributed by atoms with E-state index in [-0.39, 0.29) is 38.4 Å². The molecule has 8 nitrogen and oxygen atoms in total. The van der Waals surface area contributed by atoms with Crippen molar-refractivity contribution in [3.8, 4) is 0 Å². The molecule has 0 spiro atoms. The van der Waals surface area contributed by atoms with Gasteiger partial charge in [0.1, 0.15) is 22.4 Å². The van der Waals surface area contributed by atoms with Gasteiger partial charge in [-0.05, 0) is 54.4 Å². The molecule has 0 bridgehead atoms. The summed E-state index contributed by atoms with van der Waals surface area (Å²) >= 11 is 0. The van der Waals surface area contributed by atoms with Crippen LogP contribution in [0, 0.1) is 10.8 Å². The minimum absolute atomic E-state index is 0. The predicted octanol–water partition coefficient (Wildman–Crippen LogP) is 2.61. The van der Waals surface area contributed by atoms with Crippen LogP contribution in [0.25, 0.3) is 0 Å². The largest absolute Gasteiger partial charge is 2.00 e. The standard InChI is InChI=1S/2C8H9F5O3.2C3H8O.Zr/c2*1-3-6(4(2)14,5(15)16)7(9,10)8(11,12)13;2*1-3(2)4;/h2*3H2,1-2H3,(H,15,16);2*3-4H,1-2H3;/q;;;;+2/p-2. The second-order valence-electron chi connectivity index (χ2n) is 8.54. The maximum Gasteiger partial charge on any atom is 2.00 e. The third-order valence-corrected chi connectivity index (χ3v) is 4.74. The van der Waals surface area contributed by atoms with Crippen LogP contribution < -0.4 is 10.2 Å². The summed E-state index contributed by atoms with van der Waals surface area (Å²) in [5, 5.41) is 37.1. The molecule has 2 unspecified atom stereocenters. The van der Waals surface area contributed by atoms with Gasteiger partial charge in [-0.3, -0.25) is 9.59 Å². The summed E-state index contributed by atoms with van der Waals surface area (Å²) in [6.07, 6.45) is -15.0. The number of carboxylic acid groups (broad SMARTS) is 2. The number of ketones is 2. The molecule has 19 heteroatoms. The first-order valence-electron chi connectivity index (χ1n) is 11.1. The van der Waals surface area contributed by atoms with Crippen molar-refractivity contribution in [3.63, 3.8) is 0 Å². The molecule has 0 saturated carbocycles. The third kappa shape index (κ3) is 12.3. The molecular formula is C22H32F10O8Zr. The number of aliphatic hydroxyl groups excluding tert-OH is 2. The van der Waals surface area contributed by atoms with Crippen LogP contribution >= 0.6 is 0 Å². The number of carbonyl (C=O) groups excluding carboxylic acids is 4. The van der Waals surface area contributed by atoms with Gasteiger partial charge >= 0.3 is 50.4 Å². The maximum absolute atomic E-state index is 13.0. The van der Waals surface area contributed by atoms with Crippen LogP contribution in [-0.4, -0.2) is 70.1 Å². The molecule has 0 aromatic carbocycles. The normalized spacial score (nSPS) is 14.8. The predicted molar refractivity (Wildman–Crippen MR) is 114 cm³/mol. The molecule has 0 aliphatic heterocycles. The molecule has 0 aliphatic rings. The SMILES string of the molecule is CC(C)O.CC(C)O.CCC(C(C)=O)(C(=O)[O-])C(F)(F)C(F)(F)F.CCC(C(C)=O)(C(=O)[O-])C(F)(F)C(F)(F)F.[Zr+2]. The second kappa shape index (κ2) is 18.1. The van der Waals surface area contributed by atoms with Crippen LogP contribution in [0.4, 0.5) is 43.9 Å². The van der Waals surface area contributed by atoms with Crippen molar-refractivity contribution in [2.24, 2.45) is 10.8 Å². The van der Waals surface area contributed by atoms with Crippen molar-refractivity contribution in [1.82, 2.24) is 0 Å². The van der Waals surface area contributed by atoms with Crippen molar-refractivity contribution < 1.29 is 110 Å². The first-order chi connectivity index (χ1) is 17.4. The molecule has 0 saturated heterocycles. The van der Waals surface area contributed by atoms with Crippen molar-refractivity contribution in [3.05, 3.63) is 0 Å². The van der Waals surface area contributed by atoms with Crippen molar-refractivity contribution in [2.45, 2.75) is 105 Å². The summed E-state index contributed by atoms with van der Waals surface area (Å²) in [7, 11) is 0. The van der Waals surface area contributed by atoms with E-state index in [2.05, 4.69) is 0 Å². The van der Waals surface area contributed by atoms with Crippen LogP contribution in [0.15, 0.2) is 0 Å². The van der Waals surface area contributed by atoms with E-state index in [1.807, 2.05) is 0 Å². The number of aliphatic hydroxyl groups is 2. The number of aliphatic carboxylic acids is 2. The Bertz CT molecular complexity index is 740. The van der Waals surface area contributed by atoms with E-state index in [4.69, 9.17) is 10.2 Å². The van der Waals surface area contributed by atoms with Gasteiger partial charge in [0.15, 0.2) is 0 Å². The zero-order chi connectivity index (χ0) is 33.9. The number of Topliss-reactive ketones (excluding diaryl/α,β-unsaturated/α-hetero) is 2. The summed E-state index contributed by atoms with van der Waals surface area (Å²) in [6.45, 7) is 9.10. The molecule has 242 valence electrons. The minimum Gasteiger partial charge on any atom is -0.549 e. The maximum atomic E-state index is 13.0. The van der Waals surface area contributed by atoms with Gasteiger partial charge in [-0.25, -0.2) is 0 Å². The van der Waals surface area contributed by atoms with E-state index in [0.29, 0.717) is 13.8 Å². The fraction of sp³-hybridized carbons (Fsp3) is 0.818. The Morgan fingerprint density at radius 2 is 0.732 bits per heavy atom. The minimum atomic E-state index is -6.13. The average molecular weight is 706 g/mol. The Morgan fingerprint density at radius 1 is 0.585 bits per heavy atom. The summed E-state index contributed by atoms with van der Waals surface area (Å²) in [5.41, 5.74) is -7.74. The van der Waals surface area contributed by atoms with Gasteiger partial charge in [0.25, 0.3) is 0 Å². The fourth-order valence-corrected chi connectivity index (χ4v) is 2.70. The Hall–Kier alpha value is -1.62. The van der Waals surface area contributed by atoms with Gasteiger partial charge in [0.2, 0.25) is 0 Å². The fourth-order valence-electron chi connectivity index (χ4n) is 2.70. The smallest absolute Gasteiger partial charge is 0.549 e. The molecule has 0 heterocycles. The number of alkyl halides is 10. The Morgan fingerprint density at radius 3 is 0.756 bits per heavy atom. The van der Waals surface area contributed by atoms with Gasteiger partial charge in [0.05, 0.1) is 11.9 Å². The molecule has 0 radical (unpaired) electrons. The summed E-state index contributed by atoms with van der Waals surface area (Å²) < 4.78 is 124. The molecule has 2 atom stereocenters. The number of carboxylic acids is 2. The molecule has 0 rings (SSSR count). The molecule has 0 fully saturated rings. The van der Waals surface area contributed by atoms with Crippen LogP contribution in [0.5, 0.6) is 0 Å². The van der Waals surface area contributed by atoms with Crippen molar-refractivity contribution in [2.75, 3.05) is 0 Å². The van der Waals surface area contributed by atoms with Crippen LogP contribution in [0.3, 0.4) is 0 Å². The first-order valence-corrected chi connectivity index (χ1v) is 11.1. The van der Waals surface area contributed by atoms with Crippen molar-refractivity contribution >= 4 is 23.5 Å². The van der Waals surface area contributed by atoms with E-state index >= 15 is 0 Å². The zero-order valence-corrected chi connectivity index (χ0v) is 25.7. The van der Waals surface area contributed by atoms with Crippen molar-refractivity contribution in [1.29, 1.82) is 0 Å². The second-order valence-corrected chi connectivity index (χ2v) is 8.54. The zero-order valence-electron chi connectivity index (χ0n) is 23.2. The summed E-state index contributed by atoms with van der Waals surface area (Å²) in [6, 6.07) is 0. The summed E-state index contributed by atoms with van der Waals surface area (Å²) in [5.74, 6) is -20.4. The first kappa shape index (κ1) is 49.1. The number of rotatable bonds is 8. The van der Waals surface area contributed by atoms with Gasteiger partial charge in [-0.1, -0.05) is 13.8 Å². The Balaban J connectivity index is -0.000000163. The molecule has 2 N–H and O–H groups in total. The van der Waals surface area contributed by atoms with Crippen LogP contribution in [-0.2, 0) is 45.4 Å². The molecule has 0 aromatic heterocycles. The number of hydrogen-bond donors (Lipinski definition) is 2. The topological polar surface area (TPSA) is 155 Å². The van der Waals surface area contributed by atoms with E-state index < -0.39 is 71.4 Å². The van der Waals surface area contributed by atoms with E-state index in [0.717, 1.165) is 13.8 Å². The molecule has 0 amide bonds. The van der Waals surface area contributed by atoms with Gasteiger partial charge in [0, 0.05) is 12.2 Å². The van der Waals surface area contributed by atoms with Gasteiger partial charge < -0.3 is 30.0 Å². The average Bonchev–Trinajstić information content (AvgIpc) is 2.66. The van der Waals surface area contributed by atoms with Crippen LogP contribution in [0.1, 0.15) is 68.2 Å². The number of carbonyl (C=O) groups is 4.